The monoisotopic (exact) mass is 431 g/mol. The summed E-state index contributed by atoms with van der Waals surface area (Å²) < 4.78 is 5.75. The van der Waals surface area contributed by atoms with Crippen molar-refractivity contribution >= 4 is 29.9 Å². The van der Waals surface area contributed by atoms with Gasteiger partial charge in [-0.15, -0.1) is 24.0 Å². The van der Waals surface area contributed by atoms with E-state index in [4.69, 9.17) is 10.5 Å². The van der Waals surface area contributed by atoms with Crippen molar-refractivity contribution in [3.8, 4) is 0 Å². The van der Waals surface area contributed by atoms with Crippen LogP contribution in [-0.4, -0.2) is 37.1 Å². The molecule has 0 bridgehead atoms. The number of halogens is 1. The molecule has 1 aliphatic heterocycles. The average Bonchev–Trinajstić information content (AvgIpc) is 2.54. The van der Waals surface area contributed by atoms with Crippen LogP contribution in [0.3, 0.4) is 0 Å². The number of guanidine groups is 1. The number of piperidine rings is 1. The Morgan fingerprint density at radius 1 is 1.30 bits per heavy atom. The first-order valence-electron chi connectivity index (χ1n) is 8.31. The first kappa shape index (κ1) is 20.2. The molecular weight excluding hydrogens is 401 g/mol. The lowest BCUT2D eigenvalue weighted by Crippen LogP contribution is -2.42. The van der Waals surface area contributed by atoms with E-state index in [9.17, 15) is 0 Å². The second kappa shape index (κ2) is 10.9. The molecule has 1 fully saturated rings. The second-order valence-electron chi connectivity index (χ2n) is 6.47. The van der Waals surface area contributed by atoms with Gasteiger partial charge in [0.15, 0.2) is 5.96 Å². The molecule has 4 nitrogen and oxygen atoms in total. The topological polar surface area (TPSA) is 50.8 Å². The standard InChI is InChI=1S/C18H29N3O.HI/c1-15-8-10-21(11-9-15)18(19)20-12-16(2)13-22-14-17-6-4-3-5-7-17;/h3-7,15-16H,8-14H2,1-2H3,(H2,19,20);1H. The number of likely N-dealkylation sites (tertiary alicyclic amines) is 1. The van der Waals surface area contributed by atoms with Crippen LogP contribution in [0.5, 0.6) is 0 Å². The summed E-state index contributed by atoms with van der Waals surface area (Å²) in [6.07, 6.45) is 2.43. The van der Waals surface area contributed by atoms with Crippen LogP contribution >= 0.6 is 24.0 Å². The van der Waals surface area contributed by atoms with Crippen molar-refractivity contribution in [1.82, 2.24) is 4.90 Å². The van der Waals surface area contributed by atoms with Gasteiger partial charge < -0.3 is 15.4 Å². The third kappa shape index (κ3) is 7.52. The molecule has 130 valence electrons. The number of hydrogen-bond donors (Lipinski definition) is 1. The molecule has 2 N–H and O–H groups in total. The zero-order valence-electron chi connectivity index (χ0n) is 14.3. The Morgan fingerprint density at radius 3 is 2.61 bits per heavy atom. The highest BCUT2D eigenvalue weighted by atomic mass is 127. The Labute approximate surface area is 157 Å². The van der Waals surface area contributed by atoms with Gasteiger partial charge in [-0.25, -0.2) is 0 Å². The number of nitrogens with two attached hydrogens (primary N) is 1. The van der Waals surface area contributed by atoms with Crippen LogP contribution < -0.4 is 5.73 Å². The number of benzene rings is 1. The predicted molar refractivity (Wildman–Crippen MR) is 107 cm³/mol. The van der Waals surface area contributed by atoms with Crippen LogP contribution in [0.4, 0.5) is 0 Å². The highest BCUT2D eigenvalue weighted by Crippen LogP contribution is 2.15. The van der Waals surface area contributed by atoms with Gasteiger partial charge in [0.05, 0.1) is 13.2 Å². The van der Waals surface area contributed by atoms with Crippen molar-refractivity contribution in [2.45, 2.75) is 33.3 Å². The van der Waals surface area contributed by atoms with E-state index < -0.39 is 0 Å². The Balaban J connectivity index is 0.00000264. The van der Waals surface area contributed by atoms with Gasteiger partial charge in [-0.2, -0.15) is 0 Å². The quantitative estimate of drug-likeness (QED) is 0.426. The lowest BCUT2D eigenvalue weighted by atomic mass is 10.00. The Bertz CT molecular complexity index is 459. The van der Waals surface area contributed by atoms with Gasteiger partial charge in [0.25, 0.3) is 0 Å². The van der Waals surface area contributed by atoms with Crippen LogP contribution in [0.15, 0.2) is 35.3 Å². The lowest BCUT2D eigenvalue weighted by Gasteiger charge is -2.31. The highest BCUT2D eigenvalue weighted by Gasteiger charge is 2.17. The fourth-order valence-corrected chi connectivity index (χ4v) is 2.59. The number of nitrogens with zero attached hydrogens (tertiary/aromatic N) is 2. The summed E-state index contributed by atoms with van der Waals surface area (Å²) in [5, 5.41) is 0. The molecule has 0 aliphatic carbocycles. The fraction of sp³-hybridized carbons (Fsp3) is 0.611. The van der Waals surface area contributed by atoms with Crippen molar-refractivity contribution < 1.29 is 4.74 Å². The van der Waals surface area contributed by atoms with E-state index in [1.165, 1.54) is 18.4 Å². The summed E-state index contributed by atoms with van der Waals surface area (Å²) in [6, 6.07) is 10.3. The summed E-state index contributed by atoms with van der Waals surface area (Å²) in [5.74, 6) is 1.89. The number of aliphatic imine (C=N–C) groups is 1. The molecule has 0 radical (unpaired) electrons. The zero-order valence-corrected chi connectivity index (χ0v) is 16.6. The molecule has 5 heteroatoms. The van der Waals surface area contributed by atoms with Crippen LogP contribution in [0.1, 0.15) is 32.3 Å². The molecule has 0 saturated carbocycles. The minimum absolute atomic E-state index is 0. The van der Waals surface area contributed by atoms with E-state index in [2.05, 4.69) is 35.9 Å². The Morgan fingerprint density at radius 2 is 1.96 bits per heavy atom. The van der Waals surface area contributed by atoms with Crippen LogP contribution in [-0.2, 0) is 11.3 Å². The zero-order chi connectivity index (χ0) is 15.8. The smallest absolute Gasteiger partial charge is 0.191 e. The van der Waals surface area contributed by atoms with Crippen LogP contribution in [0.25, 0.3) is 0 Å². The largest absolute Gasteiger partial charge is 0.376 e. The van der Waals surface area contributed by atoms with E-state index in [0.717, 1.165) is 25.6 Å². The van der Waals surface area contributed by atoms with Gasteiger partial charge in [-0.05, 0) is 30.2 Å². The molecule has 1 saturated heterocycles. The van der Waals surface area contributed by atoms with E-state index >= 15 is 0 Å². The van der Waals surface area contributed by atoms with Crippen molar-refractivity contribution in [3.05, 3.63) is 35.9 Å². The summed E-state index contributed by atoms with van der Waals surface area (Å²) in [4.78, 5) is 6.74. The summed E-state index contributed by atoms with van der Waals surface area (Å²) >= 11 is 0. The number of hydrogen-bond acceptors (Lipinski definition) is 2. The minimum Gasteiger partial charge on any atom is -0.376 e. The molecule has 1 heterocycles. The van der Waals surface area contributed by atoms with Crippen molar-refractivity contribution in [1.29, 1.82) is 0 Å². The van der Waals surface area contributed by atoms with Gasteiger partial charge in [-0.3, -0.25) is 4.99 Å². The van der Waals surface area contributed by atoms with E-state index in [1.54, 1.807) is 0 Å². The Kier molecular flexibility index (Phi) is 9.55. The fourth-order valence-electron chi connectivity index (χ4n) is 2.59. The number of ether oxygens (including phenoxy) is 1. The maximum absolute atomic E-state index is 6.10. The molecule has 1 aliphatic rings. The third-order valence-electron chi connectivity index (χ3n) is 4.19. The lowest BCUT2D eigenvalue weighted by molar-refractivity contribution is 0.0944. The van der Waals surface area contributed by atoms with Gasteiger partial charge >= 0.3 is 0 Å². The Hall–Kier alpha value is -0.820. The van der Waals surface area contributed by atoms with Crippen molar-refractivity contribution in [2.24, 2.45) is 22.6 Å². The van der Waals surface area contributed by atoms with Gasteiger partial charge in [-0.1, -0.05) is 44.2 Å². The molecule has 0 aromatic heterocycles. The molecule has 1 unspecified atom stereocenters. The molecule has 1 aromatic carbocycles. The maximum atomic E-state index is 6.10. The first-order valence-corrected chi connectivity index (χ1v) is 8.31. The van der Waals surface area contributed by atoms with Gasteiger partial charge in [0, 0.05) is 19.6 Å². The second-order valence-corrected chi connectivity index (χ2v) is 6.47. The van der Waals surface area contributed by atoms with Gasteiger partial charge in [0.2, 0.25) is 0 Å². The molecular formula is C18H30IN3O. The normalized spacial score (nSPS) is 17.7. The molecule has 0 spiro atoms. The summed E-state index contributed by atoms with van der Waals surface area (Å²) in [7, 11) is 0. The molecule has 2 rings (SSSR count). The highest BCUT2D eigenvalue weighted by molar-refractivity contribution is 14.0. The SMILES string of the molecule is CC1CCN(C(N)=NCC(C)COCc2ccccc2)CC1.I. The first-order chi connectivity index (χ1) is 10.6. The average molecular weight is 431 g/mol. The molecule has 0 amide bonds. The maximum Gasteiger partial charge on any atom is 0.191 e. The predicted octanol–water partition coefficient (Wildman–Crippen LogP) is 3.50. The van der Waals surface area contributed by atoms with E-state index in [0.29, 0.717) is 25.1 Å². The van der Waals surface area contributed by atoms with E-state index in [-0.39, 0.29) is 24.0 Å². The van der Waals surface area contributed by atoms with Crippen LogP contribution in [0, 0.1) is 11.8 Å². The number of rotatable bonds is 6. The minimum atomic E-state index is 0. The summed E-state index contributed by atoms with van der Waals surface area (Å²) in [5.41, 5.74) is 7.31. The van der Waals surface area contributed by atoms with Gasteiger partial charge in [0.1, 0.15) is 0 Å². The van der Waals surface area contributed by atoms with Crippen molar-refractivity contribution in [3.63, 3.8) is 0 Å². The molecule has 1 aromatic rings. The van der Waals surface area contributed by atoms with E-state index in [1.807, 2.05) is 18.2 Å². The third-order valence-corrected chi connectivity index (χ3v) is 4.19. The molecule has 23 heavy (non-hydrogen) atoms. The summed E-state index contributed by atoms with van der Waals surface area (Å²) in [6.45, 7) is 8.63. The van der Waals surface area contributed by atoms with Crippen molar-refractivity contribution in [2.75, 3.05) is 26.2 Å². The molecule has 1 atom stereocenters. The van der Waals surface area contributed by atoms with Crippen LogP contribution in [0.2, 0.25) is 0 Å².